The summed E-state index contributed by atoms with van der Waals surface area (Å²) in [6.07, 6.45) is 1.06. The highest BCUT2D eigenvalue weighted by Gasteiger charge is 2.26. The molecule has 0 bridgehead atoms. The molecule has 7 heteroatoms. The highest BCUT2D eigenvalue weighted by Crippen LogP contribution is 2.33. The molecule has 0 amide bonds. The van der Waals surface area contributed by atoms with Gasteiger partial charge in [-0.05, 0) is 35.7 Å². The van der Waals surface area contributed by atoms with Gasteiger partial charge in [-0.25, -0.2) is 4.39 Å². The molecule has 1 aromatic carbocycles. The van der Waals surface area contributed by atoms with Gasteiger partial charge in [0, 0.05) is 24.3 Å². The average molecular weight is 335 g/mol. The van der Waals surface area contributed by atoms with Crippen LogP contribution in [0.25, 0.3) is 0 Å². The molecule has 0 fully saturated rings. The van der Waals surface area contributed by atoms with Gasteiger partial charge in [-0.3, -0.25) is 10.1 Å². The fourth-order valence-electron chi connectivity index (χ4n) is 1.69. The molecule has 5 nitrogen and oxygen atoms in total. The average Bonchev–Trinajstić information content (AvgIpc) is 2.33. The topological polar surface area (TPSA) is 75.4 Å². The molecule has 0 radical (unpaired) electrons. The van der Waals surface area contributed by atoms with Crippen molar-refractivity contribution in [2.45, 2.75) is 32.2 Å². The first-order chi connectivity index (χ1) is 8.83. The third kappa shape index (κ3) is 3.87. The van der Waals surface area contributed by atoms with Gasteiger partial charge in [0.05, 0.1) is 9.40 Å². The van der Waals surface area contributed by atoms with E-state index in [2.05, 4.69) is 21.2 Å². The Morgan fingerprint density at radius 2 is 2.21 bits per heavy atom. The number of hydrogen-bond acceptors (Lipinski definition) is 4. The number of halogens is 2. The summed E-state index contributed by atoms with van der Waals surface area (Å²) in [6, 6.07) is 2.22. The van der Waals surface area contributed by atoms with Crippen molar-refractivity contribution in [1.29, 1.82) is 0 Å². The van der Waals surface area contributed by atoms with Crippen LogP contribution in [0.5, 0.6) is 0 Å². The Balaban J connectivity index is 3.18. The molecule has 0 aromatic heterocycles. The monoisotopic (exact) mass is 334 g/mol. The molecule has 19 heavy (non-hydrogen) atoms. The van der Waals surface area contributed by atoms with Gasteiger partial charge in [-0.2, -0.15) is 0 Å². The van der Waals surface area contributed by atoms with E-state index in [0.29, 0.717) is 12.8 Å². The molecule has 106 valence electrons. The SMILES string of the molecule is CCC(C)(CCO)Nc1cc(F)c(Br)cc1[N+](=O)[O-]. The lowest BCUT2D eigenvalue weighted by molar-refractivity contribution is -0.384. The molecule has 0 aliphatic rings. The molecule has 0 aliphatic carbocycles. The summed E-state index contributed by atoms with van der Waals surface area (Å²) in [7, 11) is 0. The fourth-order valence-corrected chi connectivity index (χ4v) is 2.02. The van der Waals surface area contributed by atoms with Crippen LogP contribution in [0.3, 0.4) is 0 Å². The van der Waals surface area contributed by atoms with Crippen LogP contribution in [-0.2, 0) is 0 Å². The zero-order valence-corrected chi connectivity index (χ0v) is 12.3. The number of hydrogen-bond donors (Lipinski definition) is 2. The Labute approximate surface area is 119 Å². The van der Waals surface area contributed by atoms with Crippen LogP contribution in [0.1, 0.15) is 26.7 Å². The van der Waals surface area contributed by atoms with Crippen LogP contribution in [0.2, 0.25) is 0 Å². The number of aliphatic hydroxyl groups is 1. The molecule has 0 aliphatic heterocycles. The summed E-state index contributed by atoms with van der Waals surface area (Å²) >= 11 is 2.93. The summed E-state index contributed by atoms with van der Waals surface area (Å²) in [5.74, 6) is -0.574. The molecular weight excluding hydrogens is 319 g/mol. The van der Waals surface area contributed by atoms with Gasteiger partial charge in [0.1, 0.15) is 11.5 Å². The minimum Gasteiger partial charge on any atom is -0.396 e. The molecule has 0 spiro atoms. The van der Waals surface area contributed by atoms with Crippen LogP contribution in [0.4, 0.5) is 15.8 Å². The number of anilines is 1. The standard InChI is InChI=1S/C12H16BrFN2O3/c1-3-12(2,4-5-17)15-10-7-9(14)8(13)6-11(10)16(18)19/h6-7,15,17H,3-5H2,1-2H3. The first-order valence-corrected chi connectivity index (χ1v) is 6.64. The minimum absolute atomic E-state index is 0.0464. The highest BCUT2D eigenvalue weighted by atomic mass is 79.9. The summed E-state index contributed by atoms with van der Waals surface area (Å²) < 4.78 is 13.6. The lowest BCUT2D eigenvalue weighted by atomic mass is 9.94. The third-order valence-electron chi connectivity index (χ3n) is 3.12. The van der Waals surface area contributed by atoms with E-state index in [1.54, 1.807) is 0 Å². The molecule has 0 saturated carbocycles. The second-order valence-corrected chi connectivity index (χ2v) is 5.41. The Bertz CT molecular complexity index is 484. The van der Waals surface area contributed by atoms with Crippen molar-refractivity contribution in [3.63, 3.8) is 0 Å². The molecule has 1 rings (SSSR count). The molecular formula is C12H16BrFN2O3. The van der Waals surface area contributed by atoms with Crippen molar-refractivity contribution in [2.75, 3.05) is 11.9 Å². The second kappa shape index (κ2) is 6.29. The van der Waals surface area contributed by atoms with Crippen LogP contribution >= 0.6 is 15.9 Å². The summed E-state index contributed by atoms with van der Waals surface area (Å²) in [4.78, 5) is 10.4. The van der Waals surface area contributed by atoms with Crippen molar-refractivity contribution in [3.8, 4) is 0 Å². The van der Waals surface area contributed by atoms with E-state index in [9.17, 15) is 14.5 Å². The number of aliphatic hydroxyl groups excluding tert-OH is 1. The van der Waals surface area contributed by atoms with Gasteiger partial charge in [0.25, 0.3) is 5.69 Å². The van der Waals surface area contributed by atoms with Gasteiger partial charge in [-0.15, -0.1) is 0 Å². The van der Waals surface area contributed by atoms with Crippen LogP contribution in [0.15, 0.2) is 16.6 Å². The molecule has 1 aromatic rings. The fraction of sp³-hybridized carbons (Fsp3) is 0.500. The summed E-state index contributed by atoms with van der Waals surface area (Å²) in [5, 5.41) is 23.0. The van der Waals surface area contributed by atoms with E-state index in [0.717, 1.165) is 12.1 Å². The first-order valence-electron chi connectivity index (χ1n) is 5.85. The minimum atomic E-state index is -0.574. The van der Waals surface area contributed by atoms with Crippen molar-refractivity contribution in [3.05, 3.63) is 32.5 Å². The zero-order valence-electron chi connectivity index (χ0n) is 10.7. The molecule has 2 N–H and O–H groups in total. The molecule has 1 atom stereocenters. The summed E-state index contributed by atoms with van der Waals surface area (Å²) in [5.41, 5.74) is -0.617. The number of nitrogens with zero attached hydrogens (tertiary/aromatic N) is 1. The van der Waals surface area contributed by atoms with Crippen molar-refractivity contribution in [2.24, 2.45) is 0 Å². The predicted octanol–water partition coefficient (Wildman–Crippen LogP) is 3.46. The predicted molar refractivity (Wildman–Crippen MR) is 74.8 cm³/mol. The van der Waals surface area contributed by atoms with Crippen molar-refractivity contribution < 1.29 is 14.4 Å². The number of nitrogens with one attached hydrogen (secondary N) is 1. The van der Waals surface area contributed by atoms with Gasteiger partial charge in [0.15, 0.2) is 0 Å². The van der Waals surface area contributed by atoms with Crippen LogP contribution in [0, 0.1) is 15.9 Å². The Morgan fingerprint density at radius 1 is 1.58 bits per heavy atom. The van der Waals surface area contributed by atoms with Crippen molar-refractivity contribution >= 4 is 27.3 Å². The van der Waals surface area contributed by atoms with Crippen molar-refractivity contribution in [1.82, 2.24) is 0 Å². The maximum atomic E-state index is 13.5. The van der Waals surface area contributed by atoms with E-state index < -0.39 is 16.3 Å². The lowest BCUT2D eigenvalue weighted by Crippen LogP contribution is -2.35. The van der Waals surface area contributed by atoms with Gasteiger partial charge >= 0.3 is 0 Å². The maximum absolute atomic E-state index is 13.5. The maximum Gasteiger partial charge on any atom is 0.293 e. The highest BCUT2D eigenvalue weighted by molar-refractivity contribution is 9.10. The number of nitro groups is 1. The first kappa shape index (κ1) is 15.8. The second-order valence-electron chi connectivity index (χ2n) is 4.55. The normalized spacial score (nSPS) is 13.9. The largest absolute Gasteiger partial charge is 0.396 e. The Kier molecular flexibility index (Phi) is 5.25. The molecule has 0 saturated heterocycles. The number of rotatable bonds is 6. The summed E-state index contributed by atoms with van der Waals surface area (Å²) in [6.45, 7) is 3.67. The van der Waals surface area contributed by atoms with Crippen LogP contribution < -0.4 is 5.32 Å². The van der Waals surface area contributed by atoms with E-state index in [1.165, 1.54) is 0 Å². The van der Waals surface area contributed by atoms with Gasteiger partial charge in [-0.1, -0.05) is 6.92 Å². The smallest absolute Gasteiger partial charge is 0.293 e. The Hall–Kier alpha value is -1.21. The van der Waals surface area contributed by atoms with E-state index in [-0.39, 0.29) is 22.5 Å². The van der Waals surface area contributed by atoms with E-state index >= 15 is 0 Å². The number of benzene rings is 1. The number of nitro benzene ring substituents is 1. The van der Waals surface area contributed by atoms with E-state index in [4.69, 9.17) is 5.11 Å². The quantitative estimate of drug-likeness (QED) is 0.617. The zero-order chi connectivity index (χ0) is 14.6. The van der Waals surface area contributed by atoms with E-state index in [1.807, 2.05) is 13.8 Å². The van der Waals surface area contributed by atoms with Gasteiger partial charge < -0.3 is 10.4 Å². The third-order valence-corrected chi connectivity index (χ3v) is 3.72. The van der Waals surface area contributed by atoms with Crippen LogP contribution in [-0.4, -0.2) is 22.2 Å². The molecule has 0 heterocycles. The lowest BCUT2D eigenvalue weighted by Gasteiger charge is -2.30. The Morgan fingerprint density at radius 3 is 2.68 bits per heavy atom. The van der Waals surface area contributed by atoms with Gasteiger partial charge in [0.2, 0.25) is 0 Å². The molecule has 1 unspecified atom stereocenters.